The van der Waals surface area contributed by atoms with E-state index in [4.69, 9.17) is 8.94 Å². The van der Waals surface area contributed by atoms with Gasteiger partial charge in [0.1, 0.15) is 10.4 Å². The SMILES string of the molecule is CCCn1nnc2cc(-c3noc(-c4ccc([N+](=O)[O-])o4)n3)ccc21. The largest absolute Gasteiger partial charge is 0.433 e. The lowest BCUT2D eigenvalue weighted by atomic mass is 10.2. The van der Waals surface area contributed by atoms with Gasteiger partial charge in [-0.3, -0.25) is 10.1 Å². The van der Waals surface area contributed by atoms with Crippen LogP contribution in [0.15, 0.2) is 39.3 Å². The van der Waals surface area contributed by atoms with E-state index in [1.54, 1.807) is 0 Å². The van der Waals surface area contributed by atoms with Crippen molar-refractivity contribution in [2.24, 2.45) is 0 Å². The van der Waals surface area contributed by atoms with Crippen molar-refractivity contribution >= 4 is 16.9 Å². The van der Waals surface area contributed by atoms with E-state index in [-0.39, 0.29) is 17.5 Å². The van der Waals surface area contributed by atoms with Gasteiger partial charge < -0.3 is 8.94 Å². The Balaban J connectivity index is 1.67. The van der Waals surface area contributed by atoms with Crippen LogP contribution < -0.4 is 0 Å². The van der Waals surface area contributed by atoms with Gasteiger partial charge in [-0.2, -0.15) is 4.98 Å². The molecule has 0 spiro atoms. The first-order chi connectivity index (χ1) is 12.2. The molecule has 0 N–H and O–H groups in total. The Labute approximate surface area is 140 Å². The molecule has 0 aliphatic rings. The van der Waals surface area contributed by atoms with E-state index in [9.17, 15) is 10.1 Å². The second-order valence-corrected chi connectivity index (χ2v) is 5.33. The quantitative estimate of drug-likeness (QED) is 0.401. The number of aromatic nitrogens is 5. The topological polar surface area (TPSA) is 126 Å². The molecule has 10 heteroatoms. The van der Waals surface area contributed by atoms with E-state index in [1.165, 1.54) is 12.1 Å². The van der Waals surface area contributed by atoms with E-state index < -0.39 is 4.92 Å². The highest BCUT2D eigenvalue weighted by Crippen LogP contribution is 2.27. The molecule has 4 rings (SSSR count). The minimum atomic E-state index is -0.631. The van der Waals surface area contributed by atoms with Crippen molar-refractivity contribution in [3.05, 3.63) is 40.4 Å². The normalized spacial score (nSPS) is 11.2. The summed E-state index contributed by atoms with van der Waals surface area (Å²) in [6.07, 6.45) is 0.962. The maximum absolute atomic E-state index is 10.7. The summed E-state index contributed by atoms with van der Waals surface area (Å²) >= 11 is 0. The molecule has 0 aliphatic heterocycles. The summed E-state index contributed by atoms with van der Waals surface area (Å²) < 4.78 is 12.0. The van der Waals surface area contributed by atoms with Crippen LogP contribution in [0.4, 0.5) is 5.88 Å². The monoisotopic (exact) mass is 340 g/mol. The molecule has 0 saturated carbocycles. The maximum Gasteiger partial charge on any atom is 0.433 e. The highest BCUT2D eigenvalue weighted by atomic mass is 16.6. The number of aryl methyl sites for hydroxylation is 1. The smallest absolute Gasteiger partial charge is 0.395 e. The zero-order valence-corrected chi connectivity index (χ0v) is 13.1. The highest BCUT2D eigenvalue weighted by Gasteiger charge is 2.19. The lowest BCUT2D eigenvalue weighted by Crippen LogP contribution is -1.98. The van der Waals surface area contributed by atoms with Crippen LogP contribution in [0.3, 0.4) is 0 Å². The van der Waals surface area contributed by atoms with Crippen LogP contribution in [-0.4, -0.2) is 30.1 Å². The van der Waals surface area contributed by atoms with Gasteiger partial charge >= 0.3 is 5.88 Å². The second kappa shape index (κ2) is 5.82. The van der Waals surface area contributed by atoms with E-state index >= 15 is 0 Å². The van der Waals surface area contributed by atoms with Crippen LogP contribution in [0.2, 0.25) is 0 Å². The van der Waals surface area contributed by atoms with Gasteiger partial charge in [0.2, 0.25) is 5.82 Å². The molecule has 0 bridgehead atoms. The Hall–Kier alpha value is -3.56. The van der Waals surface area contributed by atoms with Gasteiger partial charge in [-0.05, 0) is 30.7 Å². The lowest BCUT2D eigenvalue weighted by Gasteiger charge is -1.99. The summed E-state index contributed by atoms with van der Waals surface area (Å²) in [6, 6.07) is 8.20. The number of hydrogen-bond acceptors (Lipinski definition) is 8. The molecule has 1 aromatic carbocycles. The fraction of sp³-hybridized carbons (Fsp3) is 0.200. The standard InChI is InChI=1S/C15H12N6O4/c1-2-7-20-11-4-3-9(8-10(11)17-19-20)14-16-15(25-18-14)12-5-6-13(24-12)21(22)23/h3-6,8H,2,7H2,1H3. The maximum atomic E-state index is 10.7. The molecule has 0 unspecified atom stereocenters. The van der Waals surface area contributed by atoms with Crippen molar-refractivity contribution in [3.63, 3.8) is 0 Å². The van der Waals surface area contributed by atoms with E-state index in [0.717, 1.165) is 24.0 Å². The molecule has 4 aromatic rings. The number of rotatable bonds is 5. The predicted octanol–water partition coefficient (Wildman–Crippen LogP) is 3.06. The molecule has 25 heavy (non-hydrogen) atoms. The van der Waals surface area contributed by atoms with E-state index in [0.29, 0.717) is 11.4 Å². The summed E-state index contributed by atoms with van der Waals surface area (Å²) in [5.41, 5.74) is 2.36. The van der Waals surface area contributed by atoms with Crippen molar-refractivity contribution in [2.45, 2.75) is 19.9 Å². The van der Waals surface area contributed by atoms with Crippen molar-refractivity contribution < 1.29 is 13.9 Å². The van der Waals surface area contributed by atoms with Gasteiger partial charge in [0.25, 0.3) is 5.89 Å². The van der Waals surface area contributed by atoms with Crippen molar-refractivity contribution in [1.29, 1.82) is 0 Å². The van der Waals surface area contributed by atoms with Gasteiger partial charge in [-0.25, -0.2) is 4.68 Å². The Kier molecular flexibility index (Phi) is 3.49. The summed E-state index contributed by atoms with van der Waals surface area (Å²) in [5.74, 6) is 0.156. The average molecular weight is 340 g/mol. The van der Waals surface area contributed by atoms with Crippen LogP contribution in [0, 0.1) is 10.1 Å². The first kappa shape index (κ1) is 15.0. The minimum Gasteiger partial charge on any atom is -0.395 e. The molecule has 0 atom stereocenters. The first-order valence-electron chi connectivity index (χ1n) is 7.57. The zero-order chi connectivity index (χ0) is 17.4. The van der Waals surface area contributed by atoms with Gasteiger partial charge in [-0.15, -0.1) is 5.10 Å². The van der Waals surface area contributed by atoms with Crippen molar-refractivity contribution in [2.75, 3.05) is 0 Å². The Morgan fingerprint density at radius 3 is 2.92 bits per heavy atom. The van der Waals surface area contributed by atoms with Crippen LogP contribution >= 0.6 is 0 Å². The Morgan fingerprint density at radius 2 is 2.16 bits per heavy atom. The van der Waals surface area contributed by atoms with Crippen molar-refractivity contribution in [1.82, 2.24) is 25.1 Å². The third kappa shape index (κ3) is 2.63. The number of benzene rings is 1. The Morgan fingerprint density at radius 1 is 1.28 bits per heavy atom. The first-order valence-corrected chi connectivity index (χ1v) is 7.57. The minimum absolute atomic E-state index is 0.0674. The molecule has 0 aliphatic carbocycles. The van der Waals surface area contributed by atoms with E-state index in [1.807, 2.05) is 22.9 Å². The Bertz CT molecular complexity index is 1060. The molecule has 3 heterocycles. The summed E-state index contributed by atoms with van der Waals surface area (Å²) in [7, 11) is 0. The van der Waals surface area contributed by atoms with Gasteiger partial charge in [-0.1, -0.05) is 17.3 Å². The number of furan rings is 1. The van der Waals surface area contributed by atoms with Crippen LogP contribution in [0.5, 0.6) is 0 Å². The molecule has 0 fully saturated rings. The highest BCUT2D eigenvalue weighted by molar-refractivity contribution is 5.80. The molecule has 0 amide bonds. The molecule has 0 radical (unpaired) electrons. The molecule has 10 nitrogen and oxygen atoms in total. The summed E-state index contributed by atoms with van der Waals surface area (Å²) in [4.78, 5) is 14.3. The molecule has 3 aromatic heterocycles. The predicted molar refractivity (Wildman–Crippen MR) is 85.5 cm³/mol. The van der Waals surface area contributed by atoms with Crippen LogP contribution in [0.25, 0.3) is 34.1 Å². The third-order valence-corrected chi connectivity index (χ3v) is 3.62. The number of nitrogens with zero attached hydrogens (tertiary/aromatic N) is 6. The zero-order valence-electron chi connectivity index (χ0n) is 13.1. The van der Waals surface area contributed by atoms with Crippen molar-refractivity contribution in [3.8, 4) is 23.0 Å². The van der Waals surface area contributed by atoms with Gasteiger partial charge in [0.15, 0.2) is 5.76 Å². The number of nitro groups is 1. The van der Waals surface area contributed by atoms with Gasteiger partial charge in [0.05, 0.1) is 11.6 Å². The average Bonchev–Trinajstić information content (AvgIpc) is 3.34. The summed E-state index contributed by atoms with van der Waals surface area (Å²) in [6.45, 7) is 2.86. The fourth-order valence-electron chi connectivity index (χ4n) is 2.47. The molecule has 0 saturated heterocycles. The third-order valence-electron chi connectivity index (χ3n) is 3.62. The molecular weight excluding hydrogens is 328 g/mol. The van der Waals surface area contributed by atoms with E-state index in [2.05, 4.69) is 27.4 Å². The summed E-state index contributed by atoms with van der Waals surface area (Å²) in [5, 5.41) is 22.8. The molecular formula is C15H12N6O4. The van der Waals surface area contributed by atoms with Gasteiger partial charge in [0, 0.05) is 12.1 Å². The lowest BCUT2D eigenvalue weighted by molar-refractivity contribution is -0.401. The fourth-order valence-corrected chi connectivity index (χ4v) is 2.47. The van der Waals surface area contributed by atoms with Crippen LogP contribution in [-0.2, 0) is 6.54 Å². The number of fused-ring (bicyclic) bond motifs is 1. The second-order valence-electron chi connectivity index (χ2n) is 5.33. The van der Waals surface area contributed by atoms with Crippen LogP contribution in [0.1, 0.15) is 13.3 Å². The molecule has 126 valence electrons. The number of hydrogen-bond donors (Lipinski definition) is 0.